The third-order valence-corrected chi connectivity index (χ3v) is 5.44. The summed E-state index contributed by atoms with van der Waals surface area (Å²) in [4.78, 5) is 13.8. The van der Waals surface area contributed by atoms with E-state index in [0.717, 1.165) is 31.4 Å². The summed E-state index contributed by atoms with van der Waals surface area (Å²) < 4.78 is 4.90. The summed E-state index contributed by atoms with van der Waals surface area (Å²) in [5, 5.41) is 13.1. The maximum absolute atomic E-state index is 12.0. The Labute approximate surface area is 130 Å². The molecule has 1 aliphatic rings. The number of esters is 1. The molecule has 1 fully saturated rings. The van der Waals surface area contributed by atoms with Crippen molar-refractivity contribution in [2.45, 2.75) is 64.0 Å². The van der Waals surface area contributed by atoms with Crippen LogP contribution in [0.15, 0.2) is 6.07 Å². The molecule has 2 N–H and O–H groups in total. The van der Waals surface area contributed by atoms with Crippen LogP contribution in [0.1, 0.15) is 61.0 Å². The van der Waals surface area contributed by atoms with Crippen LogP contribution in [0.2, 0.25) is 0 Å². The number of ether oxygens (including phenoxy) is 1. The first-order valence-corrected chi connectivity index (χ1v) is 8.30. The molecule has 4 nitrogen and oxygen atoms in total. The highest BCUT2D eigenvalue weighted by Gasteiger charge is 2.26. The standard InChI is InChI=1S/C16H25NO3S/c1-16(2,3)13-9-12(14(21-13)15(19)20-4)17-10-5-7-11(18)8-6-10/h9-11,17-18H,5-8H2,1-4H3. The quantitative estimate of drug-likeness (QED) is 0.838. The fourth-order valence-corrected chi connectivity index (χ4v) is 3.65. The van der Waals surface area contributed by atoms with Crippen molar-refractivity contribution < 1.29 is 14.6 Å². The summed E-state index contributed by atoms with van der Waals surface area (Å²) in [7, 11) is 1.42. The molecule has 21 heavy (non-hydrogen) atoms. The monoisotopic (exact) mass is 311 g/mol. The minimum absolute atomic E-state index is 0.0100. The molecule has 0 spiro atoms. The smallest absolute Gasteiger partial charge is 0.350 e. The molecule has 0 amide bonds. The van der Waals surface area contributed by atoms with E-state index in [-0.39, 0.29) is 17.5 Å². The second-order valence-corrected chi connectivity index (χ2v) is 7.80. The number of nitrogens with one attached hydrogen (secondary N) is 1. The lowest BCUT2D eigenvalue weighted by Gasteiger charge is -2.27. The van der Waals surface area contributed by atoms with Gasteiger partial charge in [-0.05, 0) is 37.2 Å². The molecule has 1 aliphatic carbocycles. The van der Waals surface area contributed by atoms with Crippen LogP contribution >= 0.6 is 11.3 Å². The predicted octanol–water partition coefficient (Wildman–Crippen LogP) is 3.55. The van der Waals surface area contributed by atoms with Crippen molar-refractivity contribution in [1.82, 2.24) is 0 Å². The zero-order chi connectivity index (χ0) is 15.6. The van der Waals surface area contributed by atoms with Gasteiger partial charge in [0, 0.05) is 10.9 Å². The van der Waals surface area contributed by atoms with Gasteiger partial charge in [0.2, 0.25) is 0 Å². The number of hydrogen-bond acceptors (Lipinski definition) is 5. The zero-order valence-electron chi connectivity index (χ0n) is 13.2. The van der Waals surface area contributed by atoms with Crippen molar-refractivity contribution in [2.75, 3.05) is 12.4 Å². The molecule has 1 saturated carbocycles. The Morgan fingerprint density at radius 3 is 2.48 bits per heavy atom. The van der Waals surface area contributed by atoms with Crippen LogP contribution in [0.25, 0.3) is 0 Å². The van der Waals surface area contributed by atoms with Crippen LogP contribution < -0.4 is 5.32 Å². The largest absolute Gasteiger partial charge is 0.465 e. The van der Waals surface area contributed by atoms with Crippen LogP contribution in [0.4, 0.5) is 5.69 Å². The normalized spacial score (nSPS) is 22.9. The van der Waals surface area contributed by atoms with E-state index in [1.165, 1.54) is 23.3 Å². The molecular formula is C16H25NO3S. The third kappa shape index (κ3) is 3.98. The van der Waals surface area contributed by atoms with Gasteiger partial charge >= 0.3 is 5.97 Å². The Hall–Kier alpha value is -1.07. The van der Waals surface area contributed by atoms with Gasteiger partial charge in [0.25, 0.3) is 0 Å². The van der Waals surface area contributed by atoms with Crippen LogP contribution in [-0.4, -0.2) is 30.3 Å². The molecule has 118 valence electrons. The molecule has 1 aromatic rings. The summed E-state index contributed by atoms with van der Waals surface area (Å²) in [5.41, 5.74) is 0.883. The Kier molecular flexibility index (Phi) is 4.94. The first-order valence-electron chi connectivity index (χ1n) is 7.48. The van der Waals surface area contributed by atoms with E-state index < -0.39 is 0 Å². The molecule has 5 heteroatoms. The number of carbonyl (C=O) groups excluding carboxylic acids is 1. The highest BCUT2D eigenvalue weighted by Crippen LogP contribution is 2.37. The van der Waals surface area contributed by atoms with Gasteiger partial charge in [-0.1, -0.05) is 20.8 Å². The number of carbonyl (C=O) groups is 1. The van der Waals surface area contributed by atoms with Crippen molar-refractivity contribution in [3.63, 3.8) is 0 Å². The fourth-order valence-electron chi connectivity index (χ4n) is 2.55. The molecule has 0 aromatic carbocycles. The topological polar surface area (TPSA) is 58.6 Å². The maximum atomic E-state index is 12.0. The Bertz CT molecular complexity index is 496. The summed E-state index contributed by atoms with van der Waals surface area (Å²) in [6.45, 7) is 6.42. The number of thiophene rings is 1. The number of aliphatic hydroxyl groups excluding tert-OH is 1. The number of aliphatic hydroxyl groups is 1. The van der Waals surface area contributed by atoms with Gasteiger partial charge in [0.15, 0.2) is 0 Å². The molecule has 0 bridgehead atoms. The lowest BCUT2D eigenvalue weighted by atomic mass is 9.92. The molecule has 1 aromatic heterocycles. The van der Waals surface area contributed by atoms with Gasteiger partial charge in [-0.15, -0.1) is 11.3 Å². The Morgan fingerprint density at radius 1 is 1.33 bits per heavy atom. The number of methoxy groups -OCH3 is 1. The third-order valence-electron chi connectivity index (χ3n) is 3.90. The number of hydrogen-bond donors (Lipinski definition) is 2. The van der Waals surface area contributed by atoms with E-state index in [0.29, 0.717) is 10.9 Å². The molecule has 1 heterocycles. The predicted molar refractivity (Wildman–Crippen MR) is 86.2 cm³/mol. The summed E-state index contributed by atoms with van der Waals surface area (Å²) >= 11 is 1.50. The molecule has 0 unspecified atom stereocenters. The van der Waals surface area contributed by atoms with Gasteiger partial charge in [-0.25, -0.2) is 4.79 Å². The van der Waals surface area contributed by atoms with Gasteiger partial charge in [-0.3, -0.25) is 0 Å². The summed E-state index contributed by atoms with van der Waals surface area (Å²) in [6, 6.07) is 2.39. The molecule has 2 rings (SSSR count). The summed E-state index contributed by atoms with van der Waals surface area (Å²) in [5.74, 6) is -0.283. The number of rotatable bonds is 3. The first-order chi connectivity index (χ1) is 9.81. The second kappa shape index (κ2) is 6.36. The van der Waals surface area contributed by atoms with Gasteiger partial charge in [0.1, 0.15) is 4.88 Å². The fraction of sp³-hybridized carbons (Fsp3) is 0.688. The Balaban J connectivity index is 2.20. The lowest BCUT2D eigenvalue weighted by molar-refractivity contribution is 0.0607. The van der Waals surface area contributed by atoms with E-state index in [1.807, 2.05) is 0 Å². The minimum Gasteiger partial charge on any atom is -0.465 e. The molecule has 0 aliphatic heterocycles. The van der Waals surface area contributed by atoms with Crippen molar-refractivity contribution in [2.24, 2.45) is 0 Å². The second-order valence-electron chi connectivity index (χ2n) is 6.74. The van der Waals surface area contributed by atoms with E-state index in [9.17, 15) is 9.90 Å². The van der Waals surface area contributed by atoms with Gasteiger partial charge < -0.3 is 15.2 Å². The maximum Gasteiger partial charge on any atom is 0.350 e. The zero-order valence-corrected chi connectivity index (χ0v) is 14.0. The van der Waals surface area contributed by atoms with E-state index in [2.05, 4.69) is 32.2 Å². The van der Waals surface area contributed by atoms with Crippen molar-refractivity contribution in [1.29, 1.82) is 0 Å². The highest BCUT2D eigenvalue weighted by molar-refractivity contribution is 7.14. The van der Waals surface area contributed by atoms with E-state index in [4.69, 9.17) is 4.74 Å². The number of anilines is 1. The van der Waals surface area contributed by atoms with Crippen LogP contribution in [0.3, 0.4) is 0 Å². The van der Waals surface area contributed by atoms with Crippen molar-refractivity contribution >= 4 is 23.0 Å². The molecule has 0 saturated heterocycles. The molecular weight excluding hydrogens is 286 g/mol. The molecule has 0 radical (unpaired) electrons. The van der Waals surface area contributed by atoms with E-state index in [1.54, 1.807) is 0 Å². The average Bonchev–Trinajstić information content (AvgIpc) is 2.84. The van der Waals surface area contributed by atoms with Crippen molar-refractivity contribution in [3.05, 3.63) is 15.8 Å². The van der Waals surface area contributed by atoms with Gasteiger partial charge in [0.05, 0.1) is 18.9 Å². The van der Waals surface area contributed by atoms with Crippen molar-refractivity contribution in [3.8, 4) is 0 Å². The molecule has 0 atom stereocenters. The van der Waals surface area contributed by atoms with Crippen LogP contribution in [0, 0.1) is 0 Å². The van der Waals surface area contributed by atoms with Gasteiger partial charge in [-0.2, -0.15) is 0 Å². The highest BCUT2D eigenvalue weighted by atomic mass is 32.1. The average molecular weight is 311 g/mol. The Morgan fingerprint density at radius 2 is 1.95 bits per heavy atom. The summed E-state index contributed by atoms with van der Waals surface area (Å²) in [6.07, 6.45) is 3.34. The lowest BCUT2D eigenvalue weighted by Crippen LogP contribution is -2.28. The van der Waals surface area contributed by atoms with Crippen LogP contribution in [0.5, 0.6) is 0 Å². The van der Waals surface area contributed by atoms with Crippen LogP contribution in [-0.2, 0) is 10.2 Å². The minimum atomic E-state index is -0.283. The first kappa shape index (κ1) is 16.3. The van der Waals surface area contributed by atoms with E-state index >= 15 is 0 Å². The SMILES string of the molecule is COC(=O)c1sc(C(C)(C)C)cc1NC1CCC(O)CC1.